The number of aliphatic carboxylic acids is 1. The van der Waals surface area contributed by atoms with Crippen molar-refractivity contribution in [2.75, 3.05) is 26.1 Å². The molecular weight excluding hydrogens is 456 g/mol. The highest BCUT2D eigenvalue weighted by molar-refractivity contribution is 8.00. The summed E-state index contributed by atoms with van der Waals surface area (Å²) in [7, 11) is 1.40. The second kappa shape index (κ2) is 9.81. The summed E-state index contributed by atoms with van der Waals surface area (Å²) < 4.78 is 15.5. The van der Waals surface area contributed by atoms with Gasteiger partial charge in [0, 0.05) is 23.8 Å². The topological polar surface area (TPSA) is 181 Å². The summed E-state index contributed by atoms with van der Waals surface area (Å²) >= 11 is 1.26. The van der Waals surface area contributed by atoms with E-state index in [4.69, 9.17) is 25.4 Å². The lowest BCUT2D eigenvalue weighted by Gasteiger charge is -2.49. The number of hydrogen-bond acceptors (Lipinski definition) is 9. The van der Waals surface area contributed by atoms with Crippen molar-refractivity contribution in [3.05, 3.63) is 35.0 Å². The summed E-state index contributed by atoms with van der Waals surface area (Å²) in [4.78, 5) is 48.8. The van der Waals surface area contributed by atoms with E-state index in [9.17, 15) is 24.3 Å². The van der Waals surface area contributed by atoms with Crippen molar-refractivity contribution in [2.45, 2.75) is 18.3 Å². The van der Waals surface area contributed by atoms with Crippen LogP contribution in [0.3, 0.4) is 0 Å². The Labute approximate surface area is 192 Å². The third-order valence-corrected chi connectivity index (χ3v) is 6.19. The Morgan fingerprint density at radius 3 is 2.67 bits per heavy atom. The predicted octanol–water partition coefficient (Wildman–Crippen LogP) is -0.340. The lowest BCUT2D eigenvalue weighted by molar-refractivity contribution is -0.151. The number of fused-ring (bicyclic) bond motifs is 1. The van der Waals surface area contributed by atoms with Crippen molar-refractivity contribution in [3.63, 3.8) is 0 Å². The van der Waals surface area contributed by atoms with Crippen LogP contribution in [-0.4, -0.2) is 77.1 Å². The molecule has 1 saturated heterocycles. The molecule has 0 unspecified atom stereocenters. The van der Waals surface area contributed by atoms with E-state index < -0.39 is 41.8 Å². The molecule has 0 aliphatic carbocycles. The van der Waals surface area contributed by atoms with Gasteiger partial charge in [0.05, 0.1) is 7.11 Å². The average Bonchev–Trinajstić information content (AvgIpc) is 2.78. The number of nitrogens with two attached hydrogens (primary N) is 1. The van der Waals surface area contributed by atoms with Gasteiger partial charge >= 0.3 is 11.9 Å². The highest BCUT2D eigenvalue weighted by atomic mass is 32.2. The van der Waals surface area contributed by atoms with Gasteiger partial charge in [-0.05, 0) is 18.2 Å². The number of rotatable bonds is 9. The molecule has 0 spiro atoms. The van der Waals surface area contributed by atoms with Crippen molar-refractivity contribution in [2.24, 2.45) is 5.73 Å². The third kappa shape index (κ3) is 5.03. The lowest BCUT2D eigenvalue weighted by Crippen LogP contribution is -2.71. The smallest absolute Gasteiger partial charge is 0.352 e. The van der Waals surface area contributed by atoms with E-state index in [-0.39, 0.29) is 35.4 Å². The first-order chi connectivity index (χ1) is 15.6. The third-order valence-electron chi connectivity index (χ3n) is 4.85. The zero-order valence-corrected chi connectivity index (χ0v) is 18.6. The maximum absolute atomic E-state index is 12.6. The number of methoxy groups -OCH3 is 1. The van der Waals surface area contributed by atoms with E-state index in [1.54, 1.807) is 0 Å². The minimum absolute atomic E-state index is 0.151. The summed E-state index contributed by atoms with van der Waals surface area (Å²) in [5.74, 6) is -2.44. The second-order valence-corrected chi connectivity index (χ2v) is 8.17. The van der Waals surface area contributed by atoms with Crippen LogP contribution >= 0.6 is 11.8 Å². The predicted molar refractivity (Wildman–Crippen MR) is 116 cm³/mol. The molecule has 12 nitrogen and oxygen atoms in total. The molecular formula is C20H22N4O8S. The standard InChI is InChI=1S/C20H22N4O8S/c1-9(25)31-6-11-8-33-19-15(18(27)24(19)16(11)20(28)29)23-14(26)7-32-12-4-3-10(17(21)22)5-13(12)30-2/h3-5,15,19H,6-8H2,1-2H3,(H3,21,22)(H,23,26)(H,28,29)/t15-,19-/m1/s1. The van der Waals surface area contributed by atoms with E-state index in [1.165, 1.54) is 44.0 Å². The van der Waals surface area contributed by atoms with Crippen LogP contribution < -0.4 is 20.5 Å². The highest BCUT2D eigenvalue weighted by Gasteiger charge is 2.54. The Balaban J connectivity index is 1.63. The number of carbonyl (C=O) groups is 4. The molecule has 3 rings (SSSR count). The quantitative estimate of drug-likeness (QED) is 0.159. The number of carboxylic acid groups (broad SMARTS) is 1. The van der Waals surface area contributed by atoms with Crippen LogP contribution in [0.25, 0.3) is 0 Å². The fraction of sp³-hybridized carbons (Fsp3) is 0.350. The lowest BCUT2D eigenvalue weighted by atomic mass is 10.0. The number of esters is 1. The molecule has 2 aliphatic rings. The van der Waals surface area contributed by atoms with Gasteiger partial charge in [0.15, 0.2) is 18.1 Å². The molecule has 176 valence electrons. The van der Waals surface area contributed by atoms with Gasteiger partial charge < -0.3 is 30.4 Å². The molecule has 2 aliphatic heterocycles. The number of β-lactam (4-membered cyclic amide) rings is 1. The van der Waals surface area contributed by atoms with Crippen LogP contribution in [0.2, 0.25) is 0 Å². The van der Waals surface area contributed by atoms with Crippen LogP contribution in [0.4, 0.5) is 0 Å². The number of nitrogens with one attached hydrogen (secondary N) is 2. The largest absolute Gasteiger partial charge is 0.493 e. The molecule has 1 aromatic rings. The number of amidine groups is 1. The molecule has 0 bridgehead atoms. The first kappa shape index (κ1) is 23.9. The van der Waals surface area contributed by atoms with Gasteiger partial charge in [0.1, 0.15) is 29.6 Å². The normalized spacial score (nSPS) is 19.2. The monoisotopic (exact) mass is 478 g/mol. The van der Waals surface area contributed by atoms with Crippen LogP contribution in [0.1, 0.15) is 12.5 Å². The summed E-state index contributed by atoms with van der Waals surface area (Å²) in [5.41, 5.74) is 5.94. The number of amides is 2. The summed E-state index contributed by atoms with van der Waals surface area (Å²) in [6, 6.07) is 3.62. The van der Waals surface area contributed by atoms with E-state index >= 15 is 0 Å². The van der Waals surface area contributed by atoms with E-state index in [1.807, 2.05) is 0 Å². The van der Waals surface area contributed by atoms with Crippen molar-refractivity contribution in [1.82, 2.24) is 10.2 Å². The number of nitrogen functional groups attached to an aromatic ring is 1. The van der Waals surface area contributed by atoms with Crippen molar-refractivity contribution < 1.29 is 38.5 Å². The molecule has 5 N–H and O–H groups in total. The zero-order chi connectivity index (χ0) is 24.3. The minimum atomic E-state index is -1.31. The summed E-state index contributed by atoms with van der Waals surface area (Å²) in [6.45, 7) is 0.557. The summed E-state index contributed by atoms with van der Waals surface area (Å²) in [5, 5.41) is 19.0. The summed E-state index contributed by atoms with van der Waals surface area (Å²) in [6.07, 6.45) is 0. The molecule has 1 aromatic carbocycles. The Bertz CT molecular complexity index is 1060. The van der Waals surface area contributed by atoms with Crippen molar-refractivity contribution >= 4 is 41.4 Å². The number of carbonyl (C=O) groups excluding carboxylic acids is 3. The first-order valence-corrected chi connectivity index (χ1v) is 10.7. The number of carboxylic acids is 1. The molecule has 1 fully saturated rings. The van der Waals surface area contributed by atoms with Gasteiger partial charge in [-0.15, -0.1) is 11.8 Å². The minimum Gasteiger partial charge on any atom is -0.493 e. The fourth-order valence-corrected chi connectivity index (χ4v) is 4.62. The van der Waals surface area contributed by atoms with Crippen LogP contribution in [0.15, 0.2) is 29.5 Å². The highest BCUT2D eigenvalue weighted by Crippen LogP contribution is 2.40. The first-order valence-electron chi connectivity index (χ1n) is 9.62. The van der Waals surface area contributed by atoms with Crippen LogP contribution in [-0.2, 0) is 23.9 Å². The Morgan fingerprint density at radius 1 is 1.33 bits per heavy atom. The number of thioether (sulfide) groups is 1. The molecule has 13 heteroatoms. The SMILES string of the molecule is COc1cc(C(=N)N)ccc1OCC(=O)N[C@@H]1C(=O)N2C(C(=O)O)=C(COC(C)=O)CS[C@H]12. The van der Waals surface area contributed by atoms with Gasteiger partial charge in [-0.25, -0.2) is 4.79 Å². The molecule has 0 saturated carbocycles. The van der Waals surface area contributed by atoms with Gasteiger partial charge in [0.2, 0.25) is 0 Å². The molecule has 2 amide bonds. The number of hydrogen-bond donors (Lipinski definition) is 4. The Hall–Kier alpha value is -3.74. The van der Waals surface area contributed by atoms with Gasteiger partial charge in [-0.3, -0.25) is 24.7 Å². The molecule has 0 radical (unpaired) electrons. The van der Waals surface area contributed by atoms with Gasteiger partial charge in [-0.2, -0.15) is 0 Å². The fourth-order valence-electron chi connectivity index (χ4n) is 3.30. The average molecular weight is 478 g/mol. The molecule has 2 atom stereocenters. The maximum atomic E-state index is 12.6. The second-order valence-electron chi connectivity index (χ2n) is 7.06. The van der Waals surface area contributed by atoms with E-state index in [0.717, 1.165) is 4.90 Å². The molecule has 2 heterocycles. The van der Waals surface area contributed by atoms with Crippen LogP contribution in [0.5, 0.6) is 11.5 Å². The Morgan fingerprint density at radius 2 is 2.06 bits per heavy atom. The molecule has 0 aromatic heterocycles. The van der Waals surface area contributed by atoms with E-state index in [0.29, 0.717) is 11.1 Å². The number of benzene rings is 1. The van der Waals surface area contributed by atoms with Gasteiger partial charge in [0.25, 0.3) is 11.8 Å². The van der Waals surface area contributed by atoms with Crippen molar-refractivity contribution in [3.8, 4) is 11.5 Å². The number of ether oxygens (including phenoxy) is 3. The van der Waals surface area contributed by atoms with Crippen molar-refractivity contribution in [1.29, 1.82) is 5.41 Å². The Kier molecular flexibility index (Phi) is 7.11. The zero-order valence-electron chi connectivity index (χ0n) is 17.7. The van der Waals surface area contributed by atoms with Crippen LogP contribution in [0, 0.1) is 5.41 Å². The number of nitrogens with zero attached hydrogens (tertiary/aromatic N) is 1. The maximum Gasteiger partial charge on any atom is 0.352 e. The van der Waals surface area contributed by atoms with E-state index in [2.05, 4.69) is 5.32 Å². The molecule has 33 heavy (non-hydrogen) atoms. The van der Waals surface area contributed by atoms with Gasteiger partial charge in [-0.1, -0.05) is 0 Å².